The first kappa shape index (κ1) is 12.7. The molecule has 1 spiro atoms. The third-order valence-corrected chi connectivity index (χ3v) is 5.15. The Labute approximate surface area is 119 Å². The second-order valence-electron chi connectivity index (χ2n) is 4.89. The van der Waals surface area contributed by atoms with E-state index in [-0.39, 0.29) is 5.60 Å². The molecule has 2 aliphatic rings. The van der Waals surface area contributed by atoms with Crippen molar-refractivity contribution < 1.29 is 4.74 Å². The Hall–Kier alpha value is -0.330. The molecular weight excluding hydrogens is 314 g/mol. The van der Waals surface area contributed by atoms with Crippen LogP contribution in [-0.4, -0.2) is 39.7 Å². The minimum Gasteiger partial charge on any atom is -0.374 e. The number of ether oxygens (including phenoxy) is 1. The molecule has 3 rings (SSSR count). The molecule has 4 nitrogen and oxygen atoms in total. The van der Waals surface area contributed by atoms with Gasteiger partial charge in [-0.2, -0.15) is 11.8 Å². The van der Waals surface area contributed by atoms with Crippen LogP contribution in [-0.2, 0) is 4.74 Å². The van der Waals surface area contributed by atoms with Crippen molar-refractivity contribution in [3.8, 4) is 0 Å². The molecule has 2 fully saturated rings. The Morgan fingerprint density at radius 2 is 2.28 bits per heavy atom. The molecular formula is C12H16BrN3OS. The highest BCUT2D eigenvalue weighted by Crippen LogP contribution is 2.38. The van der Waals surface area contributed by atoms with Crippen molar-refractivity contribution in [2.45, 2.75) is 30.9 Å². The standard InChI is InChI=1S/C12H16BrN3OS/c13-9-6-14-11(15-7-9)16-10-1-3-17-12(5-10)2-4-18-8-12/h6-7,10H,1-5,8H2,(H,14,15,16)/t10-,12-/m1/s1. The van der Waals surface area contributed by atoms with Gasteiger partial charge in [0.15, 0.2) is 0 Å². The normalized spacial score (nSPS) is 31.7. The lowest BCUT2D eigenvalue weighted by atomic mass is 9.90. The van der Waals surface area contributed by atoms with Gasteiger partial charge in [0.1, 0.15) is 0 Å². The molecule has 0 unspecified atom stereocenters. The van der Waals surface area contributed by atoms with E-state index in [2.05, 4.69) is 31.2 Å². The average Bonchev–Trinajstić information content (AvgIpc) is 2.80. The van der Waals surface area contributed by atoms with Crippen molar-refractivity contribution in [2.75, 3.05) is 23.4 Å². The predicted molar refractivity (Wildman–Crippen MR) is 77.0 cm³/mol. The summed E-state index contributed by atoms with van der Waals surface area (Å²) in [5, 5.41) is 3.43. The number of nitrogens with one attached hydrogen (secondary N) is 1. The van der Waals surface area contributed by atoms with Crippen molar-refractivity contribution in [3.63, 3.8) is 0 Å². The smallest absolute Gasteiger partial charge is 0.222 e. The van der Waals surface area contributed by atoms with Gasteiger partial charge in [0.05, 0.1) is 10.1 Å². The van der Waals surface area contributed by atoms with Crippen molar-refractivity contribution >= 4 is 33.6 Å². The number of halogens is 1. The van der Waals surface area contributed by atoms with Crippen LogP contribution in [0.1, 0.15) is 19.3 Å². The van der Waals surface area contributed by atoms with Gasteiger partial charge in [-0.25, -0.2) is 9.97 Å². The lowest BCUT2D eigenvalue weighted by molar-refractivity contribution is -0.0628. The zero-order chi connectivity index (χ0) is 12.4. The second-order valence-corrected chi connectivity index (χ2v) is 6.91. The Bertz CT molecular complexity index is 408. The fraction of sp³-hybridized carbons (Fsp3) is 0.667. The summed E-state index contributed by atoms with van der Waals surface area (Å²) < 4.78 is 6.91. The topological polar surface area (TPSA) is 47.0 Å². The van der Waals surface area contributed by atoms with Crippen molar-refractivity contribution in [1.29, 1.82) is 0 Å². The van der Waals surface area contributed by atoms with Crippen LogP contribution >= 0.6 is 27.7 Å². The van der Waals surface area contributed by atoms with Crippen molar-refractivity contribution in [3.05, 3.63) is 16.9 Å². The van der Waals surface area contributed by atoms with Gasteiger partial charge in [-0.3, -0.25) is 0 Å². The second kappa shape index (κ2) is 5.35. The number of hydrogen-bond acceptors (Lipinski definition) is 5. The minimum atomic E-state index is 0.107. The molecule has 0 aromatic carbocycles. The van der Waals surface area contributed by atoms with E-state index in [9.17, 15) is 0 Å². The van der Waals surface area contributed by atoms with Gasteiger partial charge in [-0.05, 0) is 40.9 Å². The zero-order valence-corrected chi connectivity index (χ0v) is 12.5. The summed E-state index contributed by atoms with van der Waals surface area (Å²) in [4.78, 5) is 8.54. The van der Waals surface area contributed by atoms with Gasteiger partial charge >= 0.3 is 0 Å². The molecule has 0 radical (unpaired) electrons. The van der Waals surface area contributed by atoms with E-state index in [0.717, 1.165) is 29.7 Å². The first-order valence-corrected chi connectivity index (χ1v) is 8.16. The third-order valence-electron chi connectivity index (χ3n) is 3.51. The summed E-state index contributed by atoms with van der Waals surface area (Å²) in [6.07, 6.45) is 6.83. The highest BCUT2D eigenvalue weighted by Gasteiger charge is 2.40. The number of anilines is 1. The molecule has 18 heavy (non-hydrogen) atoms. The number of aromatic nitrogens is 2. The summed E-state index contributed by atoms with van der Waals surface area (Å²) in [7, 11) is 0. The molecule has 0 aliphatic carbocycles. The van der Waals surface area contributed by atoms with Crippen molar-refractivity contribution in [2.24, 2.45) is 0 Å². The maximum absolute atomic E-state index is 6.00. The fourth-order valence-corrected chi connectivity index (χ4v) is 4.17. The van der Waals surface area contributed by atoms with E-state index in [1.165, 1.54) is 12.2 Å². The Morgan fingerprint density at radius 1 is 1.44 bits per heavy atom. The van der Waals surface area contributed by atoms with E-state index >= 15 is 0 Å². The van der Waals surface area contributed by atoms with E-state index < -0.39 is 0 Å². The van der Waals surface area contributed by atoms with Gasteiger partial charge in [0, 0.05) is 30.8 Å². The summed E-state index contributed by atoms with van der Waals surface area (Å²) in [6.45, 7) is 0.842. The first-order valence-electron chi connectivity index (χ1n) is 6.22. The highest BCUT2D eigenvalue weighted by atomic mass is 79.9. The van der Waals surface area contributed by atoms with Gasteiger partial charge in [0.2, 0.25) is 5.95 Å². The number of rotatable bonds is 2. The van der Waals surface area contributed by atoms with Crippen molar-refractivity contribution in [1.82, 2.24) is 9.97 Å². The van der Waals surface area contributed by atoms with E-state index in [1.54, 1.807) is 12.4 Å². The molecule has 2 saturated heterocycles. The lowest BCUT2D eigenvalue weighted by Crippen LogP contribution is -2.44. The fourth-order valence-electron chi connectivity index (χ4n) is 2.58. The summed E-state index contributed by atoms with van der Waals surface area (Å²) in [5.41, 5.74) is 0.107. The molecule has 0 saturated carbocycles. The molecule has 2 aliphatic heterocycles. The number of thioether (sulfide) groups is 1. The Kier molecular flexibility index (Phi) is 3.77. The summed E-state index contributed by atoms with van der Waals surface area (Å²) >= 11 is 5.34. The predicted octanol–water partition coefficient (Wildman–Crippen LogP) is 2.71. The number of nitrogens with zero attached hydrogens (tertiary/aromatic N) is 2. The molecule has 2 atom stereocenters. The lowest BCUT2D eigenvalue weighted by Gasteiger charge is -2.37. The SMILES string of the molecule is Brc1cnc(N[C@@H]2CCO[C@]3(CCSC3)C2)nc1. The number of hydrogen-bond donors (Lipinski definition) is 1. The molecule has 0 amide bonds. The molecule has 3 heterocycles. The molecule has 6 heteroatoms. The van der Waals surface area contributed by atoms with Crippen LogP contribution < -0.4 is 5.32 Å². The minimum absolute atomic E-state index is 0.107. The van der Waals surface area contributed by atoms with E-state index in [0.29, 0.717) is 12.0 Å². The van der Waals surface area contributed by atoms with E-state index in [4.69, 9.17) is 4.74 Å². The Balaban J connectivity index is 1.64. The molecule has 0 bridgehead atoms. The van der Waals surface area contributed by atoms with Gasteiger partial charge in [-0.15, -0.1) is 0 Å². The average molecular weight is 330 g/mol. The van der Waals surface area contributed by atoms with Gasteiger partial charge in [-0.1, -0.05) is 0 Å². The third kappa shape index (κ3) is 2.81. The van der Waals surface area contributed by atoms with Crippen LogP contribution in [0.2, 0.25) is 0 Å². The quantitative estimate of drug-likeness (QED) is 0.903. The maximum Gasteiger partial charge on any atom is 0.222 e. The molecule has 98 valence electrons. The van der Waals surface area contributed by atoms with Crippen LogP contribution in [0.15, 0.2) is 16.9 Å². The van der Waals surface area contributed by atoms with Gasteiger partial charge < -0.3 is 10.1 Å². The van der Waals surface area contributed by atoms with Crippen LogP contribution in [0.25, 0.3) is 0 Å². The maximum atomic E-state index is 6.00. The summed E-state index contributed by atoms with van der Waals surface area (Å²) in [5.74, 6) is 3.07. The molecule has 1 N–H and O–H groups in total. The highest BCUT2D eigenvalue weighted by molar-refractivity contribution is 9.10. The first-order chi connectivity index (χ1) is 8.76. The monoisotopic (exact) mass is 329 g/mol. The van der Waals surface area contributed by atoms with E-state index in [1.807, 2.05) is 11.8 Å². The van der Waals surface area contributed by atoms with Crippen LogP contribution in [0, 0.1) is 0 Å². The molecule has 1 aromatic heterocycles. The zero-order valence-electron chi connectivity index (χ0n) is 10.1. The van der Waals surface area contributed by atoms with Crippen LogP contribution in [0.4, 0.5) is 5.95 Å². The molecule has 1 aromatic rings. The van der Waals surface area contributed by atoms with Crippen LogP contribution in [0.5, 0.6) is 0 Å². The van der Waals surface area contributed by atoms with Gasteiger partial charge in [0.25, 0.3) is 0 Å². The largest absolute Gasteiger partial charge is 0.374 e. The summed E-state index contributed by atoms with van der Waals surface area (Å²) in [6, 6.07) is 0.429. The Morgan fingerprint density at radius 3 is 3.00 bits per heavy atom. The van der Waals surface area contributed by atoms with Crippen LogP contribution in [0.3, 0.4) is 0 Å².